The zero-order valence-electron chi connectivity index (χ0n) is 12.3. The first-order valence-corrected chi connectivity index (χ1v) is 8.41. The van der Waals surface area contributed by atoms with Gasteiger partial charge in [0.2, 0.25) is 10.0 Å². The predicted octanol–water partition coefficient (Wildman–Crippen LogP) is 1.30. The number of aromatic nitrogens is 1. The van der Waals surface area contributed by atoms with E-state index < -0.39 is 16.0 Å². The van der Waals surface area contributed by atoms with Crippen LogP contribution in [0.5, 0.6) is 0 Å². The van der Waals surface area contributed by atoms with Crippen LogP contribution < -0.4 is 4.72 Å². The van der Waals surface area contributed by atoms with Gasteiger partial charge >= 0.3 is 5.97 Å². The van der Waals surface area contributed by atoms with Gasteiger partial charge in [-0.05, 0) is 25.8 Å². The fourth-order valence-corrected chi connectivity index (χ4v) is 2.89. The minimum absolute atomic E-state index is 0.0313. The van der Waals surface area contributed by atoms with Crippen molar-refractivity contribution in [2.75, 3.05) is 19.8 Å². The lowest BCUT2D eigenvalue weighted by molar-refractivity contribution is 0.0685. The van der Waals surface area contributed by atoms with E-state index in [0.717, 1.165) is 6.42 Å². The molecule has 1 rings (SSSR count). The van der Waals surface area contributed by atoms with Gasteiger partial charge in [-0.2, -0.15) is 0 Å². The molecule has 0 amide bonds. The SMILES string of the molecule is CCCOCCCNS(=O)(=O)c1cc(C(=O)O)n(CC)c1. The zero-order chi connectivity index (χ0) is 15.9. The predicted molar refractivity (Wildman–Crippen MR) is 78.0 cm³/mol. The third kappa shape index (κ3) is 5.14. The summed E-state index contributed by atoms with van der Waals surface area (Å²) in [5, 5.41) is 9.02. The summed E-state index contributed by atoms with van der Waals surface area (Å²) in [6.07, 6.45) is 2.83. The van der Waals surface area contributed by atoms with Crippen molar-refractivity contribution < 1.29 is 23.1 Å². The topological polar surface area (TPSA) is 97.6 Å². The Morgan fingerprint density at radius 3 is 2.62 bits per heavy atom. The molecule has 1 aromatic heterocycles. The molecule has 0 atom stereocenters. The van der Waals surface area contributed by atoms with Crippen LogP contribution in [0.15, 0.2) is 17.2 Å². The minimum Gasteiger partial charge on any atom is -0.477 e. The molecular formula is C13H22N2O5S. The molecule has 0 bridgehead atoms. The summed E-state index contributed by atoms with van der Waals surface area (Å²) in [5.41, 5.74) is -0.0378. The number of ether oxygens (including phenoxy) is 1. The second-order valence-electron chi connectivity index (χ2n) is 4.52. The lowest BCUT2D eigenvalue weighted by Gasteiger charge is -2.05. The molecule has 21 heavy (non-hydrogen) atoms. The van der Waals surface area contributed by atoms with E-state index in [1.807, 2.05) is 6.92 Å². The van der Waals surface area contributed by atoms with Crippen LogP contribution in [0, 0.1) is 0 Å². The van der Waals surface area contributed by atoms with Gasteiger partial charge in [0.15, 0.2) is 0 Å². The summed E-state index contributed by atoms with van der Waals surface area (Å²) < 4.78 is 33.2. The maximum absolute atomic E-state index is 12.1. The molecule has 1 heterocycles. The fourth-order valence-electron chi connectivity index (χ4n) is 1.78. The number of aryl methyl sites for hydroxylation is 1. The summed E-state index contributed by atoms with van der Waals surface area (Å²) >= 11 is 0. The molecule has 0 spiro atoms. The van der Waals surface area contributed by atoms with Gasteiger partial charge in [-0.1, -0.05) is 6.92 Å². The number of aromatic carboxylic acids is 1. The van der Waals surface area contributed by atoms with Crippen LogP contribution >= 0.6 is 0 Å². The first-order chi connectivity index (χ1) is 9.92. The first kappa shape index (κ1) is 17.7. The van der Waals surface area contributed by atoms with Gasteiger partial charge in [-0.3, -0.25) is 0 Å². The van der Waals surface area contributed by atoms with Crippen LogP contribution in [-0.4, -0.2) is 43.8 Å². The van der Waals surface area contributed by atoms with Crippen molar-refractivity contribution in [2.45, 2.75) is 38.1 Å². The maximum atomic E-state index is 12.1. The van der Waals surface area contributed by atoms with Crippen molar-refractivity contribution in [3.63, 3.8) is 0 Å². The molecular weight excluding hydrogens is 296 g/mol. The fraction of sp³-hybridized carbons (Fsp3) is 0.615. The summed E-state index contributed by atoms with van der Waals surface area (Å²) in [6.45, 7) is 5.55. The highest BCUT2D eigenvalue weighted by molar-refractivity contribution is 7.89. The molecule has 1 aromatic rings. The molecule has 0 aromatic carbocycles. The first-order valence-electron chi connectivity index (χ1n) is 6.93. The normalized spacial score (nSPS) is 11.7. The summed E-state index contributed by atoms with van der Waals surface area (Å²) in [5.74, 6) is -1.15. The van der Waals surface area contributed by atoms with Crippen LogP contribution in [0.25, 0.3) is 0 Å². The Balaban J connectivity index is 2.64. The summed E-state index contributed by atoms with van der Waals surface area (Å²) in [7, 11) is -3.69. The quantitative estimate of drug-likeness (QED) is 0.634. The highest BCUT2D eigenvalue weighted by Gasteiger charge is 2.20. The second kappa shape index (κ2) is 8.16. The van der Waals surface area contributed by atoms with Crippen LogP contribution in [0.4, 0.5) is 0 Å². The molecule has 0 fully saturated rings. The van der Waals surface area contributed by atoms with Crippen molar-refractivity contribution in [2.24, 2.45) is 0 Å². The monoisotopic (exact) mass is 318 g/mol. The number of rotatable bonds is 10. The highest BCUT2D eigenvalue weighted by Crippen LogP contribution is 2.14. The zero-order valence-corrected chi connectivity index (χ0v) is 13.1. The van der Waals surface area contributed by atoms with E-state index in [1.54, 1.807) is 6.92 Å². The Hall–Kier alpha value is -1.38. The number of nitrogens with zero attached hydrogens (tertiary/aromatic N) is 1. The maximum Gasteiger partial charge on any atom is 0.352 e. The Kier molecular flexibility index (Phi) is 6.86. The molecule has 0 radical (unpaired) electrons. The number of sulfonamides is 1. The van der Waals surface area contributed by atoms with Crippen LogP contribution in [-0.2, 0) is 21.3 Å². The standard InChI is InChI=1S/C13H22N2O5S/c1-3-7-20-8-5-6-14-21(18,19)11-9-12(13(16)17)15(4-2)10-11/h9-10,14H,3-8H2,1-2H3,(H,16,17). The number of carboxylic acids is 1. The summed E-state index contributed by atoms with van der Waals surface area (Å²) in [4.78, 5) is 11.0. The number of carboxylic acid groups (broad SMARTS) is 1. The Morgan fingerprint density at radius 1 is 1.38 bits per heavy atom. The van der Waals surface area contributed by atoms with E-state index in [0.29, 0.717) is 26.2 Å². The third-order valence-corrected chi connectivity index (χ3v) is 4.28. The number of hydrogen-bond acceptors (Lipinski definition) is 4. The lowest BCUT2D eigenvalue weighted by Crippen LogP contribution is -2.25. The largest absolute Gasteiger partial charge is 0.477 e. The summed E-state index contributed by atoms with van der Waals surface area (Å²) in [6, 6.07) is 1.17. The van der Waals surface area contributed by atoms with Gasteiger partial charge in [0.05, 0.1) is 0 Å². The van der Waals surface area contributed by atoms with Gasteiger partial charge in [0.1, 0.15) is 10.6 Å². The van der Waals surface area contributed by atoms with Gasteiger partial charge < -0.3 is 14.4 Å². The molecule has 0 aliphatic rings. The van der Waals surface area contributed by atoms with Gasteiger partial charge in [-0.15, -0.1) is 0 Å². The molecule has 0 aliphatic heterocycles. The Morgan fingerprint density at radius 2 is 2.10 bits per heavy atom. The van der Waals surface area contributed by atoms with Crippen molar-refractivity contribution in [1.29, 1.82) is 0 Å². The van der Waals surface area contributed by atoms with E-state index in [4.69, 9.17) is 9.84 Å². The second-order valence-corrected chi connectivity index (χ2v) is 6.28. The third-order valence-electron chi connectivity index (χ3n) is 2.85. The highest BCUT2D eigenvalue weighted by atomic mass is 32.2. The Labute approximate surface area is 125 Å². The molecule has 0 aliphatic carbocycles. The van der Waals surface area contributed by atoms with Crippen molar-refractivity contribution >= 4 is 16.0 Å². The molecule has 120 valence electrons. The van der Waals surface area contributed by atoms with Crippen molar-refractivity contribution in [1.82, 2.24) is 9.29 Å². The Bertz CT molecular complexity index is 565. The smallest absolute Gasteiger partial charge is 0.352 e. The molecule has 0 unspecified atom stereocenters. The van der Waals surface area contributed by atoms with E-state index in [-0.39, 0.29) is 17.1 Å². The van der Waals surface area contributed by atoms with Crippen molar-refractivity contribution in [3.05, 3.63) is 18.0 Å². The van der Waals surface area contributed by atoms with E-state index in [2.05, 4.69) is 4.72 Å². The molecule has 0 saturated carbocycles. The van der Waals surface area contributed by atoms with E-state index >= 15 is 0 Å². The van der Waals surface area contributed by atoms with E-state index in [9.17, 15) is 13.2 Å². The van der Waals surface area contributed by atoms with Crippen LogP contribution in [0.1, 0.15) is 37.2 Å². The number of hydrogen-bond donors (Lipinski definition) is 2. The van der Waals surface area contributed by atoms with Crippen molar-refractivity contribution in [3.8, 4) is 0 Å². The average Bonchev–Trinajstić information content (AvgIpc) is 2.88. The van der Waals surface area contributed by atoms with Gasteiger partial charge in [0.25, 0.3) is 0 Å². The molecule has 2 N–H and O–H groups in total. The van der Waals surface area contributed by atoms with Gasteiger partial charge in [-0.25, -0.2) is 17.9 Å². The minimum atomic E-state index is -3.69. The van der Waals surface area contributed by atoms with Crippen LogP contribution in [0.3, 0.4) is 0 Å². The molecule has 0 saturated heterocycles. The van der Waals surface area contributed by atoms with Gasteiger partial charge in [0, 0.05) is 32.5 Å². The average molecular weight is 318 g/mol. The molecule has 8 heteroatoms. The van der Waals surface area contributed by atoms with Crippen LogP contribution in [0.2, 0.25) is 0 Å². The number of carbonyl (C=O) groups is 1. The lowest BCUT2D eigenvalue weighted by atomic mass is 10.4. The molecule has 7 nitrogen and oxygen atoms in total. The van der Waals surface area contributed by atoms with E-state index in [1.165, 1.54) is 16.8 Å². The number of nitrogens with one attached hydrogen (secondary N) is 1.